The van der Waals surface area contributed by atoms with E-state index in [-0.39, 0.29) is 58.3 Å². The normalized spacial score (nSPS) is 34.5. The molecule has 1 saturated heterocycles. The maximum absolute atomic E-state index is 14.7. The van der Waals surface area contributed by atoms with Crippen LogP contribution in [0, 0.1) is 50.2 Å². The van der Waals surface area contributed by atoms with E-state index in [1.807, 2.05) is 102 Å². The van der Waals surface area contributed by atoms with Crippen LogP contribution in [-0.2, 0) is 70.9 Å². The van der Waals surface area contributed by atoms with Gasteiger partial charge >= 0.3 is 5.97 Å². The van der Waals surface area contributed by atoms with E-state index in [9.17, 15) is 9.90 Å². The summed E-state index contributed by atoms with van der Waals surface area (Å²) in [6.45, 7) is 20.0. The minimum atomic E-state index is -0.740. The van der Waals surface area contributed by atoms with Gasteiger partial charge in [-0.1, -0.05) is 163 Å². The number of carbonyl (C=O) groups is 1. The molecule has 0 radical (unpaired) electrons. The van der Waals surface area contributed by atoms with Crippen LogP contribution in [0.15, 0.2) is 109 Å². The molecule has 10 rings (SSSR count). The molecule has 6 aliphatic rings. The second kappa shape index (κ2) is 24.3. The number of aromatic nitrogens is 3. The average Bonchev–Trinajstić information content (AvgIpc) is 4.05. The third-order valence-corrected chi connectivity index (χ3v) is 21.3. The fourth-order valence-corrected chi connectivity index (χ4v) is 16.5. The standard InChI is InChI=1S/C67H93N3O9/c1-62(2)34-36-67(37-35-65(6)51(52(67)40-62)28-29-55-64(5)32-31-56(71)63(3,4)54(64)30-33-66(55,65)7)61(72)75-39-21-10-9-20-38-70-41-50(68-69-70)45-74-46-53-57(76-42-47-22-14-11-15-23-47)58(77-43-48-24-16-12-17-25-48)59(60(73-8)79-53)78-44-49-26-18-13-19-27-49/h11-19,22-28,41,52-60,71H,9-10,20-21,29-40,42-46H2,1-8H3/t52-,53+,54-,55+,56-,57+,58-,59+,60-,64-,65+,66+,67-/m0/s1. The Morgan fingerprint density at radius 1 is 0.696 bits per heavy atom. The van der Waals surface area contributed by atoms with Gasteiger partial charge in [0.05, 0.1) is 57.4 Å². The minimum Gasteiger partial charge on any atom is -0.465 e. The summed E-state index contributed by atoms with van der Waals surface area (Å²) in [5, 5.41) is 20.1. The van der Waals surface area contributed by atoms with Crippen molar-refractivity contribution in [3.05, 3.63) is 131 Å². The molecule has 1 aliphatic heterocycles. The highest BCUT2D eigenvalue weighted by atomic mass is 16.7. The number of benzene rings is 3. The topological polar surface area (TPSA) is 133 Å². The molecule has 1 N–H and O–H groups in total. The second-order valence-corrected chi connectivity index (χ2v) is 26.8. The van der Waals surface area contributed by atoms with Crippen molar-refractivity contribution in [1.82, 2.24) is 15.0 Å². The molecule has 0 spiro atoms. The van der Waals surface area contributed by atoms with E-state index in [0.29, 0.717) is 38.3 Å². The third kappa shape index (κ3) is 11.9. The van der Waals surface area contributed by atoms with Gasteiger partial charge in [0.15, 0.2) is 6.29 Å². The first kappa shape index (κ1) is 57.9. The van der Waals surface area contributed by atoms with E-state index in [1.165, 1.54) is 12.8 Å². The fourth-order valence-electron chi connectivity index (χ4n) is 16.5. The van der Waals surface area contributed by atoms with Crippen molar-refractivity contribution in [2.24, 2.45) is 50.2 Å². The van der Waals surface area contributed by atoms with Crippen LogP contribution in [0.4, 0.5) is 0 Å². The van der Waals surface area contributed by atoms with Crippen molar-refractivity contribution in [1.29, 1.82) is 0 Å². The Balaban J connectivity index is 0.715. The lowest BCUT2D eigenvalue weighted by molar-refractivity contribution is -0.323. The highest BCUT2D eigenvalue weighted by Gasteiger charge is 2.69. The van der Waals surface area contributed by atoms with Crippen LogP contribution in [0.3, 0.4) is 0 Å². The first-order valence-corrected chi connectivity index (χ1v) is 30.2. The summed E-state index contributed by atoms with van der Waals surface area (Å²) in [6, 6.07) is 30.3. The SMILES string of the molecule is CO[C@H]1O[C@H](COCc2cn(CCCCCCOC(=O)[C@]34CCC(C)(C)C[C@H]3C3=CC[C@@H]5[C@@]6(C)CC[C@H](O)C(C)(C)[C@@H]6CC[C@@]5(C)[C@]3(C)CC4)nn2)[C@@H](OCc2ccccc2)[C@H](OCc2ccccc2)[C@H]1OCc1ccccc1. The predicted octanol–water partition coefficient (Wildman–Crippen LogP) is 13.2. The molecule has 0 bridgehead atoms. The van der Waals surface area contributed by atoms with Crippen molar-refractivity contribution in [3.8, 4) is 0 Å². The van der Waals surface area contributed by atoms with Gasteiger partial charge in [-0.05, 0) is 145 Å². The molecule has 5 fully saturated rings. The fraction of sp³-hybridized carbons (Fsp3) is 0.657. The van der Waals surface area contributed by atoms with Crippen molar-refractivity contribution in [2.75, 3.05) is 20.3 Å². The number of nitrogens with zero attached hydrogens (tertiary/aromatic N) is 3. The van der Waals surface area contributed by atoms with Gasteiger partial charge in [-0.15, -0.1) is 5.10 Å². The minimum absolute atomic E-state index is 0.0519. The quantitative estimate of drug-likeness (QED) is 0.0458. The van der Waals surface area contributed by atoms with Crippen molar-refractivity contribution >= 4 is 5.97 Å². The summed E-state index contributed by atoms with van der Waals surface area (Å²) < 4.78 is 47.4. The number of unbranched alkanes of at least 4 members (excludes halogenated alkanes) is 3. The molecular formula is C67H93N3O9. The summed E-state index contributed by atoms with van der Waals surface area (Å²) in [7, 11) is 1.63. The van der Waals surface area contributed by atoms with Gasteiger partial charge in [0.1, 0.15) is 30.1 Å². The number of allylic oxidation sites excluding steroid dienone is 2. The van der Waals surface area contributed by atoms with E-state index in [2.05, 4.69) is 64.9 Å². The lowest BCUT2D eigenvalue weighted by atomic mass is 9.33. The number of aliphatic hydroxyl groups excluding tert-OH is 1. The molecule has 13 atom stereocenters. The van der Waals surface area contributed by atoms with Crippen LogP contribution in [0.5, 0.6) is 0 Å². The van der Waals surface area contributed by atoms with Gasteiger partial charge in [-0.2, -0.15) is 0 Å². The van der Waals surface area contributed by atoms with Crippen LogP contribution in [0.1, 0.15) is 161 Å². The molecule has 1 aromatic heterocycles. The van der Waals surface area contributed by atoms with Crippen LogP contribution in [-0.4, -0.2) is 83.2 Å². The number of hydrogen-bond acceptors (Lipinski definition) is 11. The van der Waals surface area contributed by atoms with E-state index < -0.39 is 36.1 Å². The molecular weight excluding hydrogens is 991 g/mol. The van der Waals surface area contributed by atoms with Gasteiger partial charge in [-0.25, -0.2) is 0 Å². The highest BCUT2D eigenvalue weighted by Crippen LogP contribution is 2.76. The molecule has 0 amide bonds. The first-order chi connectivity index (χ1) is 38.0. The number of rotatable bonds is 22. The van der Waals surface area contributed by atoms with Gasteiger partial charge in [-0.3, -0.25) is 9.48 Å². The molecule has 0 unspecified atom stereocenters. The van der Waals surface area contributed by atoms with Gasteiger partial charge in [0.25, 0.3) is 0 Å². The van der Waals surface area contributed by atoms with Crippen LogP contribution < -0.4 is 0 Å². The molecule has 5 aliphatic carbocycles. The number of aryl methyl sites for hydroxylation is 1. The largest absolute Gasteiger partial charge is 0.465 e. The van der Waals surface area contributed by atoms with E-state index in [1.54, 1.807) is 12.7 Å². The molecule has 4 saturated carbocycles. The van der Waals surface area contributed by atoms with Crippen molar-refractivity contribution < 1.29 is 43.1 Å². The third-order valence-electron chi connectivity index (χ3n) is 21.3. The van der Waals surface area contributed by atoms with E-state index >= 15 is 0 Å². The van der Waals surface area contributed by atoms with Gasteiger partial charge in [0, 0.05) is 13.7 Å². The Hall–Kier alpha value is -4.27. The molecule has 430 valence electrons. The number of esters is 1. The van der Waals surface area contributed by atoms with Crippen molar-refractivity contribution in [3.63, 3.8) is 0 Å². The summed E-state index contributed by atoms with van der Waals surface area (Å²) in [5.41, 5.74) is 5.51. The maximum atomic E-state index is 14.7. The van der Waals surface area contributed by atoms with Gasteiger partial charge in [0.2, 0.25) is 0 Å². The average molecular weight is 1080 g/mol. The van der Waals surface area contributed by atoms with E-state index in [4.69, 9.17) is 33.2 Å². The Morgan fingerprint density at radius 2 is 1.32 bits per heavy atom. The van der Waals surface area contributed by atoms with Crippen LogP contribution in [0.25, 0.3) is 0 Å². The summed E-state index contributed by atoms with van der Waals surface area (Å²) in [5.74, 6) is 1.38. The summed E-state index contributed by atoms with van der Waals surface area (Å²) in [4.78, 5) is 14.7. The first-order valence-electron chi connectivity index (χ1n) is 30.2. The molecule has 3 aromatic carbocycles. The van der Waals surface area contributed by atoms with Crippen LogP contribution >= 0.6 is 0 Å². The smallest absolute Gasteiger partial charge is 0.312 e. The molecule has 12 nitrogen and oxygen atoms in total. The van der Waals surface area contributed by atoms with E-state index in [0.717, 1.165) is 106 Å². The molecule has 4 aromatic rings. The summed E-state index contributed by atoms with van der Waals surface area (Å²) in [6.07, 6.45) is 15.6. The molecule has 12 heteroatoms. The highest BCUT2D eigenvalue weighted by molar-refractivity contribution is 5.79. The Morgan fingerprint density at radius 3 is 1.97 bits per heavy atom. The Labute approximate surface area is 472 Å². The predicted molar refractivity (Wildman–Crippen MR) is 305 cm³/mol. The summed E-state index contributed by atoms with van der Waals surface area (Å²) >= 11 is 0. The molecule has 2 heterocycles. The Bertz CT molecular complexity index is 2640. The number of methoxy groups -OCH3 is 1. The zero-order valence-corrected chi connectivity index (χ0v) is 48.9. The zero-order valence-electron chi connectivity index (χ0n) is 48.9. The second-order valence-electron chi connectivity index (χ2n) is 26.8. The number of fused-ring (bicyclic) bond motifs is 7. The number of ether oxygens (including phenoxy) is 7. The van der Waals surface area contributed by atoms with Crippen molar-refractivity contribution in [2.45, 2.75) is 208 Å². The maximum Gasteiger partial charge on any atom is 0.312 e. The lowest BCUT2D eigenvalue weighted by Gasteiger charge is -2.71. The zero-order chi connectivity index (χ0) is 55.5. The lowest BCUT2D eigenvalue weighted by Crippen LogP contribution is -2.65. The number of carbonyl (C=O) groups excluding carboxylic acids is 1. The Kier molecular flexibility index (Phi) is 17.8. The number of hydrogen-bond donors (Lipinski definition) is 1. The monoisotopic (exact) mass is 1080 g/mol. The number of aliphatic hydroxyl groups is 1. The van der Waals surface area contributed by atoms with Gasteiger partial charge < -0.3 is 38.3 Å². The molecule has 79 heavy (non-hydrogen) atoms. The van der Waals surface area contributed by atoms with Crippen LogP contribution in [0.2, 0.25) is 0 Å².